The first-order valence-electron chi connectivity index (χ1n) is 9.09. The van der Waals surface area contributed by atoms with Crippen LogP contribution in [-0.2, 0) is 4.79 Å². The Bertz CT molecular complexity index is 595. The fraction of sp³-hybridized carbons (Fsp3) is 0.500. The Labute approximate surface area is 150 Å². The molecule has 25 heavy (non-hydrogen) atoms. The van der Waals surface area contributed by atoms with Crippen LogP contribution in [0.2, 0.25) is 0 Å². The number of hydrogen-bond donors (Lipinski definition) is 2. The number of amides is 2. The van der Waals surface area contributed by atoms with E-state index in [9.17, 15) is 9.59 Å². The van der Waals surface area contributed by atoms with Crippen molar-refractivity contribution >= 4 is 17.9 Å². The molecule has 0 radical (unpaired) electrons. The van der Waals surface area contributed by atoms with Crippen molar-refractivity contribution in [3.05, 3.63) is 41.5 Å². The van der Waals surface area contributed by atoms with E-state index in [1.807, 2.05) is 12.1 Å². The lowest BCUT2D eigenvalue weighted by atomic mass is 10.0. The summed E-state index contributed by atoms with van der Waals surface area (Å²) >= 11 is 0. The van der Waals surface area contributed by atoms with Crippen molar-refractivity contribution in [2.45, 2.75) is 26.2 Å². The second kappa shape index (κ2) is 9.99. The average molecular weight is 343 g/mol. The number of benzene rings is 1. The molecule has 1 aromatic rings. The van der Waals surface area contributed by atoms with E-state index in [0.717, 1.165) is 24.4 Å². The Morgan fingerprint density at radius 2 is 2.04 bits per heavy atom. The maximum Gasteiger partial charge on any atom is 0.251 e. The van der Waals surface area contributed by atoms with Crippen molar-refractivity contribution in [1.29, 1.82) is 0 Å². The molecule has 2 rings (SSSR count). The Morgan fingerprint density at radius 1 is 1.28 bits per heavy atom. The third-order valence-corrected chi connectivity index (χ3v) is 4.52. The van der Waals surface area contributed by atoms with Crippen LogP contribution < -0.4 is 10.6 Å². The maximum absolute atomic E-state index is 11.9. The molecule has 0 saturated carbocycles. The molecule has 2 amide bonds. The highest BCUT2D eigenvalue weighted by atomic mass is 16.2. The van der Waals surface area contributed by atoms with E-state index in [1.165, 1.54) is 32.0 Å². The molecule has 0 bridgehead atoms. The fourth-order valence-electron chi connectivity index (χ4n) is 3.12. The highest BCUT2D eigenvalue weighted by Gasteiger charge is 2.15. The van der Waals surface area contributed by atoms with Crippen LogP contribution in [0.25, 0.3) is 6.08 Å². The summed E-state index contributed by atoms with van der Waals surface area (Å²) in [7, 11) is 1.60. The van der Waals surface area contributed by atoms with Gasteiger partial charge in [-0.1, -0.05) is 19.1 Å². The van der Waals surface area contributed by atoms with E-state index < -0.39 is 0 Å². The molecule has 0 spiro atoms. The van der Waals surface area contributed by atoms with Crippen LogP contribution >= 0.6 is 0 Å². The third kappa shape index (κ3) is 6.70. The van der Waals surface area contributed by atoms with Crippen molar-refractivity contribution in [2.24, 2.45) is 5.92 Å². The number of carbonyl (C=O) groups excluding carboxylic acids is 2. The van der Waals surface area contributed by atoms with Gasteiger partial charge in [-0.15, -0.1) is 0 Å². The van der Waals surface area contributed by atoms with Gasteiger partial charge in [-0.3, -0.25) is 9.59 Å². The lowest BCUT2D eigenvalue weighted by Crippen LogP contribution is -2.36. The second-order valence-corrected chi connectivity index (χ2v) is 6.73. The van der Waals surface area contributed by atoms with Gasteiger partial charge in [0, 0.05) is 31.8 Å². The largest absolute Gasteiger partial charge is 0.355 e. The van der Waals surface area contributed by atoms with Crippen molar-refractivity contribution in [1.82, 2.24) is 15.5 Å². The zero-order valence-electron chi connectivity index (χ0n) is 15.3. The SMILES string of the molecule is CNC(=O)c1ccc(/C=C/C(=O)NCCCN2CCCC(C)C2)cc1. The van der Waals surface area contributed by atoms with Gasteiger partial charge in [0.25, 0.3) is 5.91 Å². The molecule has 1 aliphatic rings. The lowest BCUT2D eigenvalue weighted by molar-refractivity contribution is -0.116. The van der Waals surface area contributed by atoms with E-state index in [0.29, 0.717) is 12.1 Å². The van der Waals surface area contributed by atoms with Crippen molar-refractivity contribution in [3.63, 3.8) is 0 Å². The molecular weight excluding hydrogens is 314 g/mol. The zero-order chi connectivity index (χ0) is 18.1. The van der Waals surface area contributed by atoms with E-state index in [1.54, 1.807) is 25.3 Å². The van der Waals surface area contributed by atoms with Crippen LogP contribution in [0.5, 0.6) is 0 Å². The molecule has 1 unspecified atom stereocenters. The maximum atomic E-state index is 11.9. The standard InChI is InChI=1S/C20H29N3O2/c1-16-5-3-13-23(15-16)14-4-12-22-19(24)11-8-17-6-9-18(10-7-17)20(25)21-2/h6-11,16H,3-5,12-15H2,1-2H3,(H,21,25)(H,22,24)/b11-8+. The molecule has 1 fully saturated rings. The van der Waals surface area contributed by atoms with Gasteiger partial charge in [0.15, 0.2) is 0 Å². The molecular formula is C20H29N3O2. The lowest BCUT2D eigenvalue weighted by Gasteiger charge is -2.30. The summed E-state index contributed by atoms with van der Waals surface area (Å²) in [6, 6.07) is 7.14. The topological polar surface area (TPSA) is 61.4 Å². The summed E-state index contributed by atoms with van der Waals surface area (Å²) in [5, 5.41) is 5.51. The molecule has 1 aromatic carbocycles. The van der Waals surface area contributed by atoms with Gasteiger partial charge in [-0.05, 0) is 62.0 Å². The predicted molar refractivity (Wildman–Crippen MR) is 101 cm³/mol. The summed E-state index contributed by atoms with van der Waals surface area (Å²) in [5.41, 5.74) is 1.50. The molecule has 1 saturated heterocycles. The van der Waals surface area contributed by atoms with Crippen molar-refractivity contribution in [2.75, 3.05) is 33.2 Å². The minimum absolute atomic E-state index is 0.0811. The van der Waals surface area contributed by atoms with Crippen LogP contribution in [0.3, 0.4) is 0 Å². The molecule has 5 nitrogen and oxygen atoms in total. The number of piperidine rings is 1. The number of likely N-dealkylation sites (tertiary alicyclic amines) is 1. The number of nitrogens with zero attached hydrogens (tertiary/aromatic N) is 1. The van der Waals surface area contributed by atoms with Crippen LogP contribution in [-0.4, -0.2) is 49.9 Å². The smallest absolute Gasteiger partial charge is 0.251 e. The fourth-order valence-corrected chi connectivity index (χ4v) is 3.12. The van der Waals surface area contributed by atoms with E-state index in [4.69, 9.17) is 0 Å². The van der Waals surface area contributed by atoms with Gasteiger partial charge >= 0.3 is 0 Å². The Kier molecular flexibility index (Phi) is 7.67. The number of rotatable bonds is 7. The van der Waals surface area contributed by atoms with Gasteiger partial charge in [-0.25, -0.2) is 0 Å². The molecule has 2 N–H and O–H groups in total. The summed E-state index contributed by atoms with van der Waals surface area (Å²) in [5.74, 6) is 0.597. The normalized spacial score (nSPS) is 18.2. The first-order chi connectivity index (χ1) is 12.1. The van der Waals surface area contributed by atoms with Gasteiger partial charge in [0.1, 0.15) is 0 Å². The highest BCUT2D eigenvalue weighted by molar-refractivity contribution is 5.94. The number of nitrogens with one attached hydrogen (secondary N) is 2. The molecule has 136 valence electrons. The second-order valence-electron chi connectivity index (χ2n) is 6.73. The summed E-state index contributed by atoms with van der Waals surface area (Å²) in [6.45, 7) is 6.42. The first-order valence-corrected chi connectivity index (χ1v) is 9.09. The summed E-state index contributed by atoms with van der Waals surface area (Å²) in [4.78, 5) is 25.8. The van der Waals surface area contributed by atoms with Crippen LogP contribution in [0, 0.1) is 5.92 Å². The number of hydrogen-bond acceptors (Lipinski definition) is 3. The van der Waals surface area contributed by atoms with E-state index in [2.05, 4.69) is 22.5 Å². The molecule has 1 aliphatic heterocycles. The predicted octanol–water partition coefficient (Wildman–Crippen LogP) is 2.30. The summed E-state index contributed by atoms with van der Waals surface area (Å²) in [6.07, 6.45) is 6.90. The van der Waals surface area contributed by atoms with Crippen LogP contribution in [0.4, 0.5) is 0 Å². The molecule has 1 atom stereocenters. The van der Waals surface area contributed by atoms with Gasteiger partial charge in [-0.2, -0.15) is 0 Å². The van der Waals surface area contributed by atoms with Crippen LogP contribution in [0.15, 0.2) is 30.3 Å². The monoisotopic (exact) mass is 343 g/mol. The minimum Gasteiger partial charge on any atom is -0.355 e. The average Bonchev–Trinajstić information content (AvgIpc) is 2.63. The molecule has 0 aliphatic carbocycles. The molecule has 0 aromatic heterocycles. The highest BCUT2D eigenvalue weighted by Crippen LogP contribution is 2.15. The van der Waals surface area contributed by atoms with E-state index in [-0.39, 0.29) is 11.8 Å². The van der Waals surface area contributed by atoms with E-state index >= 15 is 0 Å². The quantitative estimate of drug-likeness (QED) is 0.590. The minimum atomic E-state index is -0.114. The van der Waals surface area contributed by atoms with Gasteiger partial charge in [0.2, 0.25) is 5.91 Å². The van der Waals surface area contributed by atoms with Gasteiger partial charge in [0.05, 0.1) is 0 Å². The van der Waals surface area contributed by atoms with Crippen molar-refractivity contribution in [3.8, 4) is 0 Å². The Morgan fingerprint density at radius 3 is 2.72 bits per heavy atom. The van der Waals surface area contributed by atoms with Gasteiger partial charge < -0.3 is 15.5 Å². The zero-order valence-corrected chi connectivity index (χ0v) is 15.3. The number of carbonyl (C=O) groups is 2. The Hall–Kier alpha value is -2.14. The third-order valence-electron chi connectivity index (χ3n) is 4.52. The Balaban J connectivity index is 1.67. The summed E-state index contributed by atoms with van der Waals surface area (Å²) < 4.78 is 0. The first kappa shape index (κ1) is 19.2. The van der Waals surface area contributed by atoms with Crippen molar-refractivity contribution < 1.29 is 9.59 Å². The molecule has 1 heterocycles. The molecule has 5 heteroatoms. The van der Waals surface area contributed by atoms with Crippen LogP contribution in [0.1, 0.15) is 42.1 Å².